The monoisotopic (exact) mass is 419 g/mol. The van der Waals surface area contributed by atoms with Gasteiger partial charge in [0.25, 0.3) is 5.91 Å². The summed E-state index contributed by atoms with van der Waals surface area (Å²) in [5.74, 6) is 0.0920. The summed E-state index contributed by atoms with van der Waals surface area (Å²) < 4.78 is 1.61. The Bertz CT molecular complexity index is 929. The Morgan fingerprint density at radius 2 is 1.86 bits per heavy atom. The molecule has 2 amide bonds. The number of aromatic nitrogens is 2. The molecular weight excluding hydrogens is 398 g/mol. The van der Waals surface area contributed by atoms with E-state index in [1.807, 2.05) is 0 Å². The van der Waals surface area contributed by atoms with Crippen LogP contribution in [0.1, 0.15) is 29.0 Å². The minimum absolute atomic E-state index is 0.0483. The fraction of sp³-hybridized carbons (Fsp3) is 0.421. The zero-order valence-corrected chi connectivity index (χ0v) is 16.8. The van der Waals surface area contributed by atoms with Gasteiger partial charge in [0.05, 0.1) is 10.6 Å². The maximum absolute atomic E-state index is 12.7. The second kappa shape index (κ2) is 9.04. The highest BCUT2D eigenvalue weighted by molar-refractivity contribution is 6.33. The van der Waals surface area contributed by atoms with Crippen molar-refractivity contribution in [3.63, 3.8) is 0 Å². The summed E-state index contributed by atoms with van der Waals surface area (Å²) in [5, 5.41) is 11.2. The predicted octanol–water partition coefficient (Wildman–Crippen LogP) is 2.52. The minimum Gasteiger partial charge on any atom is -0.358 e. The van der Waals surface area contributed by atoms with Gasteiger partial charge in [-0.2, -0.15) is 0 Å². The highest BCUT2D eigenvalue weighted by Gasteiger charge is 2.24. The fourth-order valence-electron chi connectivity index (χ4n) is 3.36. The molecule has 1 saturated heterocycles. The van der Waals surface area contributed by atoms with E-state index in [0.717, 1.165) is 0 Å². The van der Waals surface area contributed by atoms with Crippen LogP contribution >= 0.6 is 11.6 Å². The lowest BCUT2D eigenvalue weighted by Crippen LogP contribution is -2.37. The Kier molecular flexibility index (Phi) is 6.48. The number of carbonyl (C=O) groups excluding carboxylic acids is 2. The zero-order valence-electron chi connectivity index (χ0n) is 16.1. The molecule has 0 atom stereocenters. The molecule has 2 aromatic rings. The molecule has 1 aliphatic heterocycles. The molecule has 1 fully saturated rings. The van der Waals surface area contributed by atoms with Gasteiger partial charge in [-0.05, 0) is 28.5 Å². The van der Waals surface area contributed by atoms with E-state index in [-0.39, 0.29) is 24.1 Å². The third kappa shape index (κ3) is 4.92. The summed E-state index contributed by atoms with van der Waals surface area (Å²) in [6, 6.07) is 6.93. The van der Waals surface area contributed by atoms with E-state index in [4.69, 9.17) is 11.6 Å². The van der Waals surface area contributed by atoms with Gasteiger partial charge in [0.1, 0.15) is 6.20 Å². The predicted molar refractivity (Wildman–Crippen MR) is 107 cm³/mol. The van der Waals surface area contributed by atoms with E-state index >= 15 is 0 Å². The van der Waals surface area contributed by atoms with E-state index in [1.165, 1.54) is 6.20 Å². The van der Waals surface area contributed by atoms with Gasteiger partial charge in [-0.1, -0.05) is 23.7 Å². The lowest BCUT2D eigenvalue weighted by Gasteiger charge is -2.22. The van der Waals surface area contributed by atoms with Crippen molar-refractivity contribution in [2.45, 2.75) is 26.3 Å². The number of imidazole rings is 1. The number of halogens is 1. The number of nitrogens with zero attached hydrogens (tertiary/aromatic N) is 5. The first-order valence-electron chi connectivity index (χ1n) is 9.36. The molecule has 3 rings (SSSR count). The summed E-state index contributed by atoms with van der Waals surface area (Å²) in [6.07, 6.45) is 2.24. The van der Waals surface area contributed by atoms with Crippen LogP contribution < -0.4 is 0 Å². The molecule has 0 radical (unpaired) electrons. The van der Waals surface area contributed by atoms with Gasteiger partial charge in [-0.3, -0.25) is 9.59 Å². The molecule has 0 saturated carbocycles. The molecule has 0 unspecified atom stereocenters. The van der Waals surface area contributed by atoms with Crippen LogP contribution in [0.25, 0.3) is 0 Å². The maximum Gasteiger partial charge on any atom is 0.381 e. The van der Waals surface area contributed by atoms with E-state index in [2.05, 4.69) is 4.98 Å². The fourth-order valence-corrected chi connectivity index (χ4v) is 3.57. The topological polar surface area (TPSA) is 102 Å². The normalized spacial score (nSPS) is 14.6. The molecule has 0 aliphatic carbocycles. The van der Waals surface area contributed by atoms with Crippen molar-refractivity contribution >= 4 is 29.2 Å². The lowest BCUT2D eigenvalue weighted by atomic mass is 10.2. The van der Waals surface area contributed by atoms with Crippen molar-refractivity contribution in [2.24, 2.45) is 0 Å². The Labute approximate surface area is 173 Å². The van der Waals surface area contributed by atoms with Gasteiger partial charge in [0.15, 0.2) is 0 Å². The zero-order chi connectivity index (χ0) is 21.0. The second-order valence-corrected chi connectivity index (χ2v) is 7.26. The number of nitro groups is 1. The highest BCUT2D eigenvalue weighted by Crippen LogP contribution is 2.18. The smallest absolute Gasteiger partial charge is 0.358 e. The SMILES string of the molecule is Cc1nc([N+](=O)[O-])cn1CCC(=O)N1CCCN(C(=O)c2ccccc2Cl)CC1. The Balaban J connectivity index is 1.56. The van der Waals surface area contributed by atoms with E-state index < -0.39 is 4.92 Å². The van der Waals surface area contributed by atoms with Crippen molar-refractivity contribution in [1.82, 2.24) is 19.4 Å². The van der Waals surface area contributed by atoms with Gasteiger partial charge in [-0.15, -0.1) is 0 Å². The van der Waals surface area contributed by atoms with Crippen LogP contribution in [0, 0.1) is 17.0 Å². The van der Waals surface area contributed by atoms with E-state index in [9.17, 15) is 19.7 Å². The first kappa shape index (κ1) is 20.8. The quantitative estimate of drug-likeness (QED) is 0.547. The molecule has 1 aliphatic rings. The van der Waals surface area contributed by atoms with Crippen LogP contribution in [0.2, 0.25) is 5.02 Å². The summed E-state index contributed by atoms with van der Waals surface area (Å²) in [4.78, 5) is 42.9. The average molecular weight is 420 g/mol. The molecule has 1 aromatic heterocycles. The molecule has 29 heavy (non-hydrogen) atoms. The van der Waals surface area contributed by atoms with Gasteiger partial charge in [0, 0.05) is 46.1 Å². The summed E-state index contributed by atoms with van der Waals surface area (Å²) in [6.45, 7) is 3.99. The third-order valence-corrected chi connectivity index (χ3v) is 5.29. The first-order valence-corrected chi connectivity index (χ1v) is 9.74. The van der Waals surface area contributed by atoms with Crippen LogP contribution in [0.3, 0.4) is 0 Å². The standard InChI is InChI=1S/C19H22ClN5O4/c1-14-21-17(25(28)29)13-24(14)10-7-18(26)22-8-4-9-23(12-11-22)19(27)15-5-2-3-6-16(15)20/h2-3,5-6,13H,4,7-12H2,1H3. The van der Waals surface area contributed by atoms with Gasteiger partial charge in [0.2, 0.25) is 11.7 Å². The molecular formula is C19H22ClN5O4. The number of benzene rings is 1. The van der Waals surface area contributed by atoms with E-state index in [1.54, 1.807) is 45.6 Å². The third-order valence-electron chi connectivity index (χ3n) is 4.96. The molecule has 0 spiro atoms. The lowest BCUT2D eigenvalue weighted by molar-refractivity contribution is -0.389. The highest BCUT2D eigenvalue weighted by atomic mass is 35.5. The summed E-state index contributed by atoms with van der Waals surface area (Å²) >= 11 is 6.13. The Morgan fingerprint density at radius 3 is 2.55 bits per heavy atom. The molecule has 154 valence electrons. The molecule has 9 nitrogen and oxygen atoms in total. The molecule has 10 heteroatoms. The number of hydrogen-bond acceptors (Lipinski definition) is 5. The number of aryl methyl sites for hydroxylation is 2. The van der Waals surface area contributed by atoms with Crippen molar-refractivity contribution in [3.8, 4) is 0 Å². The second-order valence-electron chi connectivity index (χ2n) is 6.85. The molecule has 0 bridgehead atoms. The van der Waals surface area contributed by atoms with Crippen molar-refractivity contribution in [2.75, 3.05) is 26.2 Å². The molecule has 0 N–H and O–H groups in total. The number of carbonyl (C=O) groups is 2. The van der Waals surface area contributed by atoms with Crippen LogP contribution in [0.5, 0.6) is 0 Å². The molecule has 2 heterocycles. The summed E-state index contributed by atoms with van der Waals surface area (Å²) in [5.41, 5.74) is 0.464. The molecule has 1 aromatic carbocycles. The van der Waals surface area contributed by atoms with Crippen LogP contribution in [-0.2, 0) is 11.3 Å². The van der Waals surface area contributed by atoms with E-state index in [0.29, 0.717) is 55.6 Å². The van der Waals surface area contributed by atoms with Gasteiger partial charge >= 0.3 is 5.82 Å². The number of amides is 2. The van der Waals surface area contributed by atoms with Crippen LogP contribution in [-0.4, -0.2) is 62.3 Å². The Hall–Kier alpha value is -2.94. The number of rotatable bonds is 5. The van der Waals surface area contributed by atoms with Crippen molar-refractivity contribution in [3.05, 3.63) is 57.0 Å². The first-order chi connectivity index (χ1) is 13.9. The Morgan fingerprint density at radius 1 is 1.17 bits per heavy atom. The summed E-state index contributed by atoms with van der Waals surface area (Å²) in [7, 11) is 0. The van der Waals surface area contributed by atoms with Gasteiger partial charge < -0.3 is 24.5 Å². The van der Waals surface area contributed by atoms with Crippen LogP contribution in [0.15, 0.2) is 30.5 Å². The van der Waals surface area contributed by atoms with Crippen molar-refractivity contribution < 1.29 is 14.5 Å². The maximum atomic E-state index is 12.7. The van der Waals surface area contributed by atoms with Gasteiger partial charge in [-0.25, -0.2) is 0 Å². The largest absolute Gasteiger partial charge is 0.381 e. The van der Waals surface area contributed by atoms with Crippen LogP contribution in [0.4, 0.5) is 5.82 Å². The average Bonchev–Trinajstić information content (AvgIpc) is 2.91. The minimum atomic E-state index is -0.551. The van der Waals surface area contributed by atoms with Crippen molar-refractivity contribution in [1.29, 1.82) is 0 Å². The number of hydrogen-bond donors (Lipinski definition) is 0.